The van der Waals surface area contributed by atoms with E-state index in [0.29, 0.717) is 6.42 Å². The van der Waals surface area contributed by atoms with Crippen molar-refractivity contribution in [2.75, 3.05) is 6.61 Å². The van der Waals surface area contributed by atoms with E-state index in [0.717, 1.165) is 0 Å². The van der Waals surface area contributed by atoms with Crippen LogP contribution >= 0.6 is 0 Å². The SMILES string of the molecule is CCCC(=O)OCC1O[C@@H]([n+]2cccc(C(N)=O)c2)[C@H](O)[C@@H]1O.O=C(O)C(F)(F)F. The second-order valence-electron chi connectivity index (χ2n) is 6.19. The highest BCUT2D eigenvalue weighted by molar-refractivity contribution is 5.92. The van der Waals surface area contributed by atoms with Gasteiger partial charge in [-0.15, -0.1) is 0 Å². The number of aromatic nitrogens is 1. The summed E-state index contributed by atoms with van der Waals surface area (Å²) in [5.74, 6) is -3.76. The Bertz CT molecular complexity index is 759. The van der Waals surface area contributed by atoms with Crippen LogP contribution in [-0.4, -0.2) is 64.3 Å². The molecule has 0 spiro atoms. The van der Waals surface area contributed by atoms with Crippen molar-refractivity contribution in [3.63, 3.8) is 0 Å². The average molecular weight is 439 g/mol. The minimum atomic E-state index is -5.08. The summed E-state index contributed by atoms with van der Waals surface area (Å²) < 4.78 is 43.8. The van der Waals surface area contributed by atoms with Crippen LogP contribution in [-0.2, 0) is 19.1 Å². The van der Waals surface area contributed by atoms with Crippen molar-refractivity contribution in [2.24, 2.45) is 5.73 Å². The molecule has 2 rings (SSSR count). The summed E-state index contributed by atoms with van der Waals surface area (Å²) in [7, 11) is 0. The zero-order valence-corrected chi connectivity index (χ0v) is 15.8. The minimum Gasteiger partial charge on any atom is -0.475 e. The highest BCUT2D eigenvalue weighted by Gasteiger charge is 2.48. The molecule has 1 aliphatic heterocycles. The van der Waals surface area contributed by atoms with Crippen LogP contribution in [0.4, 0.5) is 13.2 Å². The Morgan fingerprint density at radius 2 is 1.87 bits per heavy atom. The predicted octanol–water partition coefficient (Wildman–Crippen LogP) is -0.331. The van der Waals surface area contributed by atoms with Crippen LogP contribution < -0.4 is 10.3 Å². The van der Waals surface area contributed by atoms with Gasteiger partial charge in [-0.3, -0.25) is 9.59 Å². The number of carbonyl (C=O) groups excluding carboxylic acids is 2. The van der Waals surface area contributed by atoms with Gasteiger partial charge in [0, 0.05) is 12.5 Å². The Kier molecular flexibility index (Phi) is 9.14. The van der Waals surface area contributed by atoms with Crippen molar-refractivity contribution < 1.29 is 56.9 Å². The van der Waals surface area contributed by atoms with E-state index < -0.39 is 42.6 Å². The van der Waals surface area contributed by atoms with Crippen LogP contribution in [0.2, 0.25) is 0 Å². The average Bonchev–Trinajstić information content (AvgIpc) is 2.95. The van der Waals surface area contributed by atoms with Crippen LogP contribution in [0.3, 0.4) is 0 Å². The van der Waals surface area contributed by atoms with E-state index in [1.807, 2.05) is 6.92 Å². The predicted molar refractivity (Wildman–Crippen MR) is 90.6 cm³/mol. The molecule has 1 aromatic heterocycles. The highest BCUT2D eigenvalue weighted by atomic mass is 19.4. The van der Waals surface area contributed by atoms with E-state index in [2.05, 4.69) is 0 Å². The molecule has 10 nitrogen and oxygen atoms in total. The van der Waals surface area contributed by atoms with Gasteiger partial charge in [-0.25, -0.2) is 4.79 Å². The number of nitrogens with two attached hydrogens (primary N) is 1. The van der Waals surface area contributed by atoms with Gasteiger partial charge in [0.2, 0.25) is 0 Å². The smallest absolute Gasteiger partial charge is 0.475 e. The molecule has 0 radical (unpaired) electrons. The zero-order chi connectivity index (χ0) is 23.1. The number of aliphatic hydroxyl groups is 2. The van der Waals surface area contributed by atoms with Crippen LogP contribution in [0, 0.1) is 0 Å². The first-order valence-corrected chi connectivity index (χ1v) is 8.66. The first-order chi connectivity index (χ1) is 13.9. The fraction of sp³-hybridized carbons (Fsp3) is 0.529. The second-order valence-corrected chi connectivity index (χ2v) is 6.19. The molecule has 1 fully saturated rings. The normalized spacial score (nSPS) is 23.3. The summed E-state index contributed by atoms with van der Waals surface area (Å²) in [4.78, 5) is 31.5. The number of hydrogen-bond donors (Lipinski definition) is 4. The molecule has 0 bridgehead atoms. The number of esters is 1. The van der Waals surface area contributed by atoms with Crippen molar-refractivity contribution in [1.82, 2.24) is 0 Å². The topological polar surface area (TPSA) is 160 Å². The third-order valence-corrected chi connectivity index (χ3v) is 3.84. The lowest BCUT2D eigenvalue weighted by atomic mass is 10.1. The summed E-state index contributed by atoms with van der Waals surface area (Å²) in [6, 6.07) is 3.11. The molecule has 13 heteroatoms. The number of pyridine rings is 1. The van der Waals surface area contributed by atoms with Gasteiger partial charge < -0.3 is 30.5 Å². The number of primary amides is 1. The quantitative estimate of drug-likeness (QED) is 0.346. The van der Waals surface area contributed by atoms with Gasteiger partial charge in [-0.05, 0) is 12.5 Å². The van der Waals surface area contributed by atoms with Crippen LogP contribution in [0.5, 0.6) is 0 Å². The van der Waals surface area contributed by atoms with Gasteiger partial charge in [-0.1, -0.05) is 6.92 Å². The maximum atomic E-state index is 11.4. The number of ether oxygens (including phenoxy) is 2. The first kappa shape index (κ1) is 25.3. The Balaban J connectivity index is 0.000000553. The molecule has 1 amide bonds. The number of halogens is 3. The second kappa shape index (κ2) is 10.8. The van der Waals surface area contributed by atoms with E-state index in [1.54, 1.807) is 12.3 Å². The number of amides is 1. The molecule has 0 aromatic carbocycles. The lowest BCUT2D eigenvalue weighted by molar-refractivity contribution is -0.765. The number of aliphatic hydroxyl groups excluding tert-OH is 2. The third-order valence-electron chi connectivity index (χ3n) is 3.84. The van der Waals surface area contributed by atoms with E-state index in [1.165, 1.54) is 16.8 Å². The maximum absolute atomic E-state index is 11.4. The van der Waals surface area contributed by atoms with Gasteiger partial charge >= 0.3 is 18.1 Å². The van der Waals surface area contributed by atoms with Crippen LogP contribution in [0.1, 0.15) is 36.4 Å². The standard InChI is InChI=1S/C15H20N2O6.C2HF3O2/c1-2-4-11(18)22-8-10-12(19)13(20)15(23-10)17-6-3-5-9(7-17)14(16)21;3-2(4,5)1(6)7/h3,5-7,10,12-13,15,19-20H,2,4,8H2,1H3,(H-,16,21);(H,6,7)/p+1/t10?,12-,13-,15-;/m1./s1. The molecule has 1 aliphatic rings. The number of aliphatic carboxylic acids is 1. The van der Waals surface area contributed by atoms with Gasteiger partial charge in [0.05, 0.1) is 0 Å². The van der Waals surface area contributed by atoms with Crippen LogP contribution in [0.15, 0.2) is 24.5 Å². The molecule has 5 N–H and O–H groups in total. The van der Waals surface area contributed by atoms with Crippen LogP contribution in [0.25, 0.3) is 0 Å². The van der Waals surface area contributed by atoms with Gasteiger partial charge in [-0.2, -0.15) is 17.7 Å². The Morgan fingerprint density at radius 1 is 1.27 bits per heavy atom. The summed E-state index contributed by atoms with van der Waals surface area (Å²) in [5, 5.41) is 27.3. The molecular weight excluding hydrogens is 417 g/mol. The lowest BCUT2D eigenvalue weighted by Gasteiger charge is -2.13. The monoisotopic (exact) mass is 439 g/mol. The van der Waals surface area contributed by atoms with Gasteiger partial charge in [0.15, 0.2) is 18.5 Å². The minimum absolute atomic E-state index is 0.149. The largest absolute Gasteiger partial charge is 0.490 e. The molecule has 30 heavy (non-hydrogen) atoms. The Morgan fingerprint density at radius 3 is 2.37 bits per heavy atom. The van der Waals surface area contributed by atoms with Gasteiger partial charge in [0.25, 0.3) is 12.1 Å². The molecule has 168 valence electrons. The fourth-order valence-corrected chi connectivity index (χ4v) is 2.36. The molecular formula is C17H22F3N2O8+. The van der Waals surface area contributed by atoms with Crippen molar-refractivity contribution in [2.45, 2.75) is 50.5 Å². The molecule has 2 heterocycles. The Labute approximate surface area is 168 Å². The summed E-state index contributed by atoms with van der Waals surface area (Å²) in [6.45, 7) is 1.70. The molecule has 1 saturated heterocycles. The highest BCUT2D eigenvalue weighted by Crippen LogP contribution is 2.25. The fourth-order valence-electron chi connectivity index (χ4n) is 2.36. The van der Waals surface area contributed by atoms with Crippen molar-refractivity contribution >= 4 is 17.8 Å². The number of hydrogen-bond acceptors (Lipinski definition) is 7. The summed E-state index contributed by atoms with van der Waals surface area (Å²) in [5.41, 5.74) is 5.46. The van der Waals surface area contributed by atoms with Crippen molar-refractivity contribution in [1.29, 1.82) is 0 Å². The van der Waals surface area contributed by atoms with E-state index in [9.17, 15) is 33.0 Å². The first-order valence-electron chi connectivity index (χ1n) is 8.66. The summed E-state index contributed by atoms with van der Waals surface area (Å²) >= 11 is 0. The lowest BCUT2D eigenvalue weighted by Crippen LogP contribution is -2.46. The number of rotatable bonds is 6. The zero-order valence-electron chi connectivity index (χ0n) is 15.8. The summed E-state index contributed by atoms with van der Waals surface area (Å²) in [6.07, 6.45) is -5.32. The molecule has 0 saturated carbocycles. The van der Waals surface area contributed by atoms with Crippen molar-refractivity contribution in [3.8, 4) is 0 Å². The third kappa shape index (κ3) is 7.24. The molecule has 0 aliphatic carbocycles. The number of carbonyl (C=O) groups is 3. The molecule has 1 aromatic rings. The van der Waals surface area contributed by atoms with E-state index in [4.69, 9.17) is 25.1 Å². The maximum Gasteiger partial charge on any atom is 0.490 e. The Hall–Kier alpha value is -2.77. The number of alkyl halides is 3. The number of nitrogens with zero attached hydrogens (tertiary/aromatic N) is 1. The van der Waals surface area contributed by atoms with E-state index >= 15 is 0 Å². The molecule has 1 unspecified atom stereocenters. The molecule has 4 atom stereocenters. The van der Waals surface area contributed by atoms with Gasteiger partial charge in [0.1, 0.15) is 24.4 Å². The number of carboxylic acid groups (broad SMARTS) is 1. The van der Waals surface area contributed by atoms with Crippen molar-refractivity contribution in [3.05, 3.63) is 30.1 Å². The number of carboxylic acids is 1. The van der Waals surface area contributed by atoms with E-state index in [-0.39, 0.29) is 24.6 Å².